The van der Waals surface area contributed by atoms with Crippen LogP contribution in [0.15, 0.2) is 36.4 Å². The first-order chi connectivity index (χ1) is 12.0. The number of ether oxygens (including phenoxy) is 1. The maximum absolute atomic E-state index is 9.28. The molecule has 0 unspecified atom stereocenters. The Morgan fingerprint density at radius 1 is 1.04 bits per heavy atom. The van der Waals surface area contributed by atoms with E-state index in [1.807, 2.05) is 27.7 Å². The summed E-state index contributed by atoms with van der Waals surface area (Å²) < 4.78 is 5.91. The number of nitrogens with one attached hydrogen (secondary N) is 1. The Hall–Kier alpha value is -0.772. The van der Waals surface area contributed by atoms with Gasteiger partial charge in [-0.3, -0.25) is 0 Å². The molecule has 150 valence electrons. The van der Waals surface area contributed by atoms with Crippen molar-refractivity contribution >= 4 is 18.8 Å². The van der Waals surface area contributed by atoms with E-state index in [2.05, 4.69) is 12.1 Å². The van der Waals surface area contributed by atoms with Crippen LogP contribution in [0, 0.1) is 13.8 Å². The number of hydrogen-bond acceptors (Lipinski definition) is 2. The minimum atomic E-state index is -0.472. The van der Waals surface area contributed by atoms with Crippen LogP contribution >= 0.6 is 18.8 Å². The third-order valence-corrected chi connectivity index (χ3v) is 3.22. The number of phenols is 1. The fraction of sp³-hybridized carbons (Fsp3) is 0.368. The van der Waals surface area contributed by atoms with E-state index in [4.69, 9.17) is 29.3 Å². The van der Waals surface area contributed by atoms with Gasteiger partial charge in [0.2, 0.25) is 0 Å². The van der Waals surface area contributed by atoms with Gasteiger partial charge in [-0.1, -0.05) is 32.4 Å². The zero-order valence-corrected chi connectivity index (χ0v) is 19.4. The Labute approximate surface area is 174 Å². The molecule has 4 nitrogen and oxygen atoms in total. The van der Waals surface area contributed by atoms with E-state index in [1.54, 1.807) is 24.3 Å². The maximum atomic E-state index is 9.28. The predicted octanol–water partition coefficient (Wildman–Crippen LogP) is 7.91. The summed E-state index contributed by atoms with van der Waals surface area (Å²) in [5, 5.41) is 9.28. The minimum absolute atomic E-state index is 0. The molecular weight excluding hydrogens is 554 g/mol. The molecule has 0 aromatic heterocycles. The number of aryl methyl sites for hydroxylation is 3. The Morgan fingerprint density at radius 3 is 1.92 bits per heavy atom. The fourth-order valence-electron chi connectivity index (χ4n) is 2.27. The third kappa shape index (κ3) is 10.4. The van der Waals surface area contributed by atoms with Crippen LogP contribution in [0.25, 0.3) is 11.9 Å². The topological polar surface area (TPSA) is 86.8 Å². The molecule has 0 saturated carbocycles. The first kappa shape index (κ1) is 27.4. The molecule has 2 aromatic rings. The molecule has 2 aromatic carbocycles. The first-order valence-electron chi connectivity index (χ1n) is 8.05. The first-order valence-corrected chi connectivity index (χ1v) is 13.7. The van der Waals surface area contributed by atoms with E-state index in [9.17, 15) is 5.11 Å². The number of aromatic hydroxyl groups is 1. The van der Waals surface area contributed by atoms with Crippen LogP contribution in [0.5, 0.6) is 17.2 Å². The van der Waals surface area contributed by atoms with Crippen LogP contribution in [0.4, 0.5) is 0 Å². The molecule has 0 atom stereocenters. The van der Waals surface area contributed by atoms with Crippen LogP contribution < -0.4 is 4.74 Å². The molecule has 0 heterocycles. The van der Waals surface area contributed by atoms with Gasteiger partial charge in [0, 0.05) is 0 Å². The summed E-state index contributed by atoms with van der Waals surface area (Å²) in [5.74, 6) is 1.81. The number of rotatable bonds is 5. The van der Waals surface area contributed by atoms with Crippen molar-refractivity contribution in [2.45, 2.75) is 40.5 Å². The van der Waals surface area contributed by atoms with Gasteiger partial charge in [-0.2, -0.15) is 6.54 Å². The smallest absolute Gasteiger partial charge is 0.693 e. The van der Waals surface area contributed by atoms with E-state index in [0.29, 0.717) is 12.3 Å². The predicted molar refractivity (Wildman–Crippen MR) is 110 cm³/mol. The number of phenolic OH excluding ortho intramolecular Hbond substituents is 1. The van der Waals surface area contributed by atoms with Gasteiger partial charge < -0.3 is 21.7 Å². The molecule has 0 amide bonds. The van der Waals surface area contributed by atoms with Crippen LogP contribution in [-0.4, -0.2) is 11.7 Å². The van der Waals surface area contributed by atoms with Gasteiger partial charge in [0.25, 0.3) is 0 Å². The van der Waals surface area contributed by atoms with Gasteiger partial charge in [0.15, 0.2) is 0 Å². The number of benzene rings is 2. The molecule has 0 saturated heterocycles. The summed E-state index contributed by atoms with van der Waals surface area (Å²) in [4.78, 5) is 0. The molecule has 0 aliphatic carbocycles. The van der Waals surface area contributed by atoms with Crippen molar-refractivity contribution in [2.24, 2.45) is 0 Å². The second kappa shape index (κ2) is 16.4. The molecule has 0 fully saturated rings. The average Bonchev–Trinajstić information content (AvgIpc) is 2.60. The molecule has 7 heteroatoms. The van der Waals surface area contributed by atoms with Crippen LogP contribution in [0.1, 0.15) is 37.0 Å². The van der Waals surface area contributed by atoms with Crippen molar-refractivity contribution in [3.8, 4) is 17.2 Å². The van der Waals surface area contributed by atoms with Gasteiger partial charge in [-0.05, 0) is 61.2 Å². The average molecular weight is 582 g/mol. The van der Waals surface area contributed by atoms with E-state index in [1.165, 1.54) is 5.56 Å². The van der Waals surface area contributed by atoms with Gasteiger partial charge in [-0.15, -0.1) is 0 Å². The molecule has 0 aliphatic rings. The van der Waals surface area contributed by atoms with Crippen molar-refractivity contribution in [3.05, 3.63) is 65.0 Å². The van der Waals surface area contributed by atoms with Crippen molar-refractivity contribution in [3.63, 3.8) is 0 Å². The number of halogens is 2. The molecule has 0 bridgehead atoms. The maximum Gasteiger partial charge on any atom is -0.693 e. The largest absolute Gasteiger partial charge is 0.693 e. The van der Waals surface area contributed by atoms with E-state index in [-0.39, 0.29) is 11.9 Å². The number of hydrogen-bond donors (Lipinski definition) is 1. The van der Waals surface area contributed by atoms with Gasteiger partial charge in [0.1, 0.15) is 17.2 Å². The van der Waals surface area contributed by atoms with Gasteiger partial charge >= 0.3 is 35.3 Å². The molecular formula is C19H28Cl2N2O2Pt. The third-order valence-electron chi connectivity index (χ3n) is 3.22. The SMILES string of the molecule is CC.Cc1cc(CCC[NH-])cc(C)c1Oc1ccc(O)cc1.[Cl][Pt+2][Cl].[NH2-]. The Bertz CT molecular complexity index is 588. The van der Waals surface area contributed by atoms with Crippen LogP contribution in [-0.2, 0) is 22.9 Å². The molecule has 26 heavy (non-hydrogen) atoms. The quantitative estimate of drug-likeness (QED) is 0.389. The second-order valence-electron chi connectivity index (χ2n) is 5.05. The summed E-state index contributed by atoms with van der Waals surface area (Å²) in [6, 6.07) is 11.0. The second-order valence-corrected chi connectivity index (χ2v) is 8.34. The number of nitrogens with two attached hydrogens (primary N) is 1. The zero-order chi connectivity index (χ0) is 19.2. The van der Waals surface area contributed by atoms with E-state index in [0.717, 1.165) is 29.7 Å². The Morgan fingerprint density at radius 2 is 1.50 bits per heavy atom. The molecule has 0 spiro atoms. The Kier molecular flexibility index (Phi) is 17.3. The summed E-state index contributed by atoms with van der Waals surface area (Å²) in [7, 11) is 9.75. The van der Waals surface area contributed by atoms with Crippen LogP contribution in [0.3, 0.4) is 0 Å². The zero-order valence-electron chi connectivity index (χ0n) is 15.6. The monoisotopic (exact) mass is 581 g/mol. The summed E-state index contributed by atoms with van der Waals surface area (Å²) in [6.45, 7) is 8.53. The van der Waals surface area contributed by atoms with E-state index >= 15 is 0 Å². The van der Waals surface area contributed by atoms with Crippen molar-refractivity contribution in [2.75, 3.05) is 6.54 Å². The molecule has 2 rings (SSSR count). The van der Waals surface area contributed by atoms with Gasteiger partial charge in [0.05, 0.1) is 0 Å². The minimum Gasteiger partial charge on any atom is -0.693 e. The van der Waals surface area contributed by atoms with Crippen LogP contribution in [0.2, 0.25) is 0 Å². The van der Waals surface area contributed by atoms with Crippen molar-refractivity contribution < 1.29 is 26.3 Å². The standard InChI is InChI=1S/C17H20NO2.C2H6.2ClH.H2N.Pt/c1-12-10-14(4-3-9-18)11-13(2)17(12)20-16-7-5-15(19)6-8-16;1-2;;;;/h5-8,10-11,18-19H,3-4,9H2,1-2H3;1-2H3;2*1H;1H2;/q-1;;;;-1;+4/p-2. The van der Waals surface area contributed by atoms with Gasteiger partial charge in [-0.25, -0.2) is 0 Å². The summed E-state index contributed by atoms with van der Waals surface area (Å²) >= 11 is -0.472. The fourth-order valence-corrected chi connectivity index (χ4v) is 2.27. The normalized spacial score (nSPS) is 9.19. The van der Waals surface area contributed by atoms with E-state index < -0.39 is 16.5 Å². The molecule has 4 N–H and O–H groups in total. The summed E-state index contributed by atoms with van der Waals surface area (Å²) in [5.41, 5.74) is 10.7. The van der Waals surface area contributed by atoms with Crippen molar-refractivity contribution in [1.82, 2.24) is 0 Å². The van der Waals surface area contributed by atoms with Crippen molar-refractivity contribution in [1.29, 1.82) is 0 Å². The molecule has 0 radical (unpaired) electrons. The summed E-state index contributed by atoms with van der Waals surface area (Å²) in [6.07, 6.45) is 1.82. The Balaban J connectivity index is 0. The molecule has 0 aliphatic heterocycles.